The first kappa shape index (κ1) is 24.1. The molecule has 2 aromatic rings. The number of esters is 1. The van der Waals surface area contributed by atoms with Crippen molar-refractivity contribution in [1.29, 1.82) is 5.26 Å². The van der Waals surface area contributed by atoms with E-state index in [1.54, 1.807) is 12.1 Å². The van der Waals surface area contributed by atoms with E-state index in [2.05, 4.69) is 6.07 Å². The molecule has 1 heterocycles. The number of halogens is 2. The van der Waals surface area contributed by atoms with Gasteiger partial charge in [-0.05, 0) is 55.2 Å². The number of ether oxygens (including phenoxy) is 1. The third kappa shape index (κ3) is 6.74. The van der Waals surface area contributed by atoms with E-state index in [-0.39, 0.29) is 28.7 Å². The summed E-state index contributed by atoms with van der Waals surface area (Å²) in [5, 5.41) is 10.00. The maximum absolute atomic E-state index is 13.1. The highest BCUT2D eigenvalue weighted by molar-refractivity contribution is 7.85. The van der Waals surface area contributed by atoms with Crippen LogP contribution in [0.5, 0.6) is 5.75 Å². The molecular weight excluding hydrogens is 459 g/mol. The summed E-state index contributed by atoms with van der Waals surface area (Å²) in [5.74, 6) is -1.63. The van der Waals surface area contributed by atoms with Crippen LogP contribution >= 0.6 is 11.6 Å². The van der Waals surface area contributed by atoms with Gasteiger partial charge in [-0.15, -0.1) is 0 Å². The van der Waals surface area contributed by atoms with Crippen LogP contribution in [-0.2, 0) is 27.1 Å². The van der Waals surface area contributed by atoms with Crippen LogP contribution in [0.4, 0.5) is 4.39 Å². The molecule has 2 aromatic carbocycles. The molecule has 1 fully saturated rings. The van der Waals surface area contributed by atoms with E-state index in [9.17, 15) is 22.9 Å². The van der Waals surface area contributed by atoms with Crippen molar-refractivity contribution in [3.8, 4) is 11.8 Å². The van der Waals surface area contributed by atoms with Crippen molar-refractivity contribution < 1.29 is 26.9 Å². The molecule has 0 bridgehead atoms. The summed E-state index contributed by atoms with van der Waals surface area (Å²) in [7, 11) is -4.34. The normalized spacial score (nSPS) is 16.3. The molecule has 1 N–H and O–H groups in total. The first-order chi connectivity index (χ1) is 15.1. The van der Waals surface area contributed by atoms with E-state index in [1.807, 2.05) is 4.90 Å². The third-order valence-corrected chi connectivity index (χ3v) is 6.35. The smallest absolute Gasteiger partial charge is 0.325 e. The van der Waals surface area contributed by atoms with Crippen molar-refractivity contribution in [1.82, 2.24) is 4.90 Å². The van der Waals surface area contributed by atoms with Crippen LogP contribution in [0.15, 0.2) is 42.5 Å². The minimum Gasteiger partial charge on any atom is -0.425 e. The second-order valence-electron chi connectivity index (χ2n) is 7.92. The lowest BCUT2D eigenvalue weighted by Gasteiger charge is -2.37. The summed E-state index contributed by atoms with van der Waals surface area (Å²) >= 11 is 5.87. The van der Waals surface area contributed by atoms with Crippen LogP contribution in [0.1, 0.15) is 24.0 Å². The minimum atomic E-state index is -4.34. The Morgan fingerprint density at radius 1 is 1.22 bits per heavy atom. The number of rotatable bonds is 7. The third-order valence-electron chi connectivity index (χ3n) is 5.44. The molecule has 0 aromatic heterocycles. The number of carbonyl (C=O) groups is 1. The Kier molecular flexibility index (Phi) is 7.51. The van der Waals surface area contributed by atoms with E-state index in [0.29, 0.717) is 32.4 Å². The molecule has 32 heavy (non-hydrogen) atoms. The summed E-state index contributed by atoms with van der Waals surface area (Å²) in [4.78, 5) is 14.3. The van der Waals surface area contributed by atoms with Crippen molar-refractivity contribution in [2.45, 2.75) is 25.0 Å². The van der Waals surface area contributed by atoms with Crippen molar-refractivity contribution >= 4 is 27.7 Å². The summed E-state index contributed by atoms with van der Waals surface area (Å²) in [6.07, 6.45) is 1.60. The molecule has 0 atom stereocenters. The second kappa shape index (κ2) is 9.96. The number of carbonyl (C=O) groups excluding carboxylic acids is 1. The van der Waals surface area contributed by atoms with Gasteiger partial charge in [-0.3, -0.25) is 14.2 Å². The highest BCUT2D eigenvalue weighted by atomic mass is 35.5. The first-order valence-corrected chi connectivity index (χ1v) is 11.9. The predicted molar refractivity (Wildman–Crippen MR) is 116 cm³/mol. The van der Waals surface area contributed by atoms with Gasteiger partial charge >= 0.3 is 5.97 Å². The maximum atomic E-state index is 13.1. The number of nitriles is 1. The molecule has 1 aliphatic heterocycles. The Balaban J connectivity index is 1.59. The minimum absolute atomic E-state index is 0.0108. The zero-order valence-electron chi connectivity index (χ0n) is 17.1. The SMILES string of the molecule is N#CC1(Cc2ccc(F)cc2)CCN(CC(=O)Oc2ccc(Cl)cc2CS(=O)(=O)O)CC1. The van der Waals surface area contributed by atoms with Gasteiger partial charge in [-0.25, -0.2) is 4.39 Å². The lowest BCUT2D eigenvalue weighted by atomic mass is 9.75. The average Bonchev–Trinajstić information content (AvgIpc) is 2.72. The van der Waals surface area contributed by atoms with Gasteiger partial charge in [0.2, 0.25) is 0 Å². The largest absolute Gasteiger partial charge is 0.425 e. The van der Waals surface area contributed by atoms with Gasteiger partial charge in [0.15, 0.2) is 0 Å². The van der Waals surface area contributed by atoms with E-state index >= 15 is 0 Å². The molecule has 0 aliphatic carbocycles. The molecule has 7 nitrogen and oxygen atoms in total. The van der Waals surface area contributed by atoms with Crippen molar-refractivity contribution in [3.05, 3.63) is 64.4 Å². The molecule has 0 radical (unpaired) electrons. The van der Waals surface area contributed by atoms with Gasteiger partial charge in [-0.2, -0.15) is 13.7 Å². The Morgan fingerprint density at radius 2 is 1.88 bits per heavy atom. The molecule has 170 valence electrons. The molecule has 0 spiro atoms. The molecule has 0 amide bonds. The molecule has 1 aliphatic rings. The highest BCUT2D eigenvalue weighted by Gasteiger charge is 2.35. The van der Waals surface area contributed by atoms with Crippen LogP contribution in [0.3, 0.4) is 0 Å². The molecule has 0 saturated carbocycles. The summed E-state index contributed by atoms with van der Waals surface area (Å²) in [6.45, 7) is 0.969. The van der Waals surface area contributed by atoms with Crippen LogP contribution in [0.25, 0.3) is 0 Å². The van der Waals surface area contributed by atoms with Crippen LogP contribution in [0, 0.1) is 22.6 Å². The van der Waals surface area contributed by atoms with E-state index < -0.39 is 27.3 Å². The van der Waals surface area contributed by atoms with Gasteiger partial charge in [0.1, 0.15) is 17.3 Å². The van der Waals surface area contributed by atoms with Gasteiger partial charge in [0.05, 0.1) is 18.0 Å². The highest BCUT2D eigenvalue weighted by Crippen LogP contribution is 2.34. The Hall–Kier alpha value is -2.51. The number of hydrogen-bond donors (Lipinski definition) is 1. The fourth-order valence-corrected chi connectivity index (χ4v) is 4.57. The van der Waals surface area contributed by atoms with E-state index in [1.165, 1.54) is 30.3 Å². The van der Waals surface area contributed by atoms with E-state index in [0.717, 1.165) is 5.56 Å². The molecular formula is C22H22ClFN2O5S. The number of hydrogen-bond acceptors (Lipinski definition) is 6. The zero-order valence-corrected chi connectivity index (χ0v) is 18.7. The standard InChI is InChI=1S/C22H22ClFN2O5S/c23-18-3-6-20(17(11-18)14-32(28,29)30)31-21(27)13-26-9-7-22(15-25,8-10-26)12-16-1-4-19(24)5-2-16/h1-6,11H,7-10,12-14H2,(H,28,29,30). The Morgan fingerprint density at radius 3 is 2.47 bits per heavy atom. The number of likely N-dealkylation sites (tertiary alicyclic amines) is 1. The van der Waals surface area contributed by atoms with Gasteiger partial charge in [0, 0.05) is 23.7 Å². The zero-order chi connectivity index (χ0) is 23.4. The lowest BCUT2D eigenvalue weighted by molar-refractivity contribution is -0.136. The summed E-state index contributed by atoms with van der Waals surface area (Å²) in [6, 6.07) is 12.6. The van der Waals surface area contributed by atoms with Gasteiger partial charge in [-0.1, -0.05) is 23.7 Å². The van der Waals surface area contributed by atoms with Gasteiger partial charge in [0.25, 0.3) is 10.1 Å². The fraction of sp³-hybridized carbons (Fsp3) is 0.364. The molecule has 1 saturated heterocycles. The lowest BCUT2D eigenvalue weighted by Crippen LogP contribution is -2.43. The maximum Gasteiger partial charge on any atom is 0.325 e. The number of piperidine rings is 1. The predicted octanol–water partition coefficient (Wildman–Crippen LogP) is 3.62. The first-order valence-electron chi connectivity index (χ1n) is 9.90. The van der Waals surface area contributed by atoms with Crippen molar-refractivity contribution in [3.63, 3.8) is 0 Å². The summed E-state index contributed by atoms with van der Waals surface area (Å²) < 4.78 is 50.0. The fourth-order valence-electron chi connectivity index (χ4n) is 3.75. The van der Waals surface area contributed by atoms with Crippen molar-refractivity contribution in [2.75, 3.05) is 19.6 Å². The monoisotopic (exact) mass is 480 g/mol. The number of nitrogens with zero attached hydrogens (tertiary/aromatic N) is 2. The Labute approximate surface area is 191 Å². The molecule has 10 heteroatoms. The van der Waals surface area contributed by atoms with Crippen LogP contribution in [0.2, 0.25) is 5.02 Å². The average molecular weight is 481 g/mol. The Bertz CT molecular complexity index is 1120. The van der Waals surface area contributed by atoms with Crippen molar-refractivity contribution in [2.24, 2.45) is 5.41 Å². The van der Waals surface area contributed by atoms with Gasteiger partial charge < -0.3 is 4.74 Å². The van der Waals surface area contributed by atoms with Crippen LogP contribution in [-0.4, -0.2) is 43.5 Å². The topological polar surface area (TPSA) is 108 Å². The molecule has 0 unspecified atom stereocenters. The van der Waals surface area contributed by atoms with Crippen LogP contribution < -0.4 is 4.74 Å². The van der Waals surface area contributed by atoms with E-state index in [4.69, 9.17) is 20.9 Å². The second-order valence-corrected chi connectivity index (χ2v) is 9.81. The molecule has 3 rings (SSSR count). The quantitative estimate of drug-likeness (QED) is 0.366. The number of benzene rings is 2. The summed E-state index contributed by atoms with van der Waals surface area (Å²) in [5.41, 5.74) is 0.376.